The number of aromatic amines is 1. The molecule has 0 radical (unpaired) electrons. The maximum Gasteiger partial charge on any atom is 0.280 e. The molecule has 0 amide bonds. The number of nitrogens with zero attached hydrogens (tertiary/aromatic N) is 3. The van der Waals surface area contributed by atoms with Crippen molar-refractivity contribution in [3.05, 3.63) is 28.8 Å². The molecule has 2 heterocycles. The van der Waals surface area contributed by atoms with Crippen molar-refractivity contribution < 1.29 is 5.11 Å². The fourth-order valence-electron chi connectivity index (χ4n) is 3.04. The molecule has 20 heavy (non-hydrogen) atoms. The van der Waals surface area contributed by atoms with Crippen LogP contribution in [0, 0.1) is 5.92 Å². The number of nitrogens with one attached hydrogen (secondary N) is 1. The van der Waals surface area contributed by atoms with Crippen LogP contribution in [0.25, 0.3) is 11.2 Å². The number of aliphatic hydroxyl groups excluding tert-OH is 1. The number of rotatable bonds is 2. The first-order chi connectivity index (χ1) is 9.52. The zero-order chi connectivity index (χ0) is 14.4. The van der Waals surface area contributed by atoms with Crippen molar-refractivity contribution in [2.24, 2.45) is 5.92 Å². The van der Waals surface area contributed by atoms with Gasteiger partial charge in [0, 0.05) is 5.92 Å². The van der Waals surface area contributed by atoms with Gasteiger partial charge in [-0.1, -0.05) is 13.5 Å². The predicted molar refractivity (Wildman–Crippen MR) is 75.1 cm³/mol. The standard InChI is InChI=1S/C13H17N5O2/c1-3-7-6(2)8(4-9(7)19)18-5-15-10-11(18)16-13(14)17-12(10)20/h5,7-9,19H,2-4H2,1H3,(H3,14,16,17,20)/t7-,8+,9+/m1/s1. The predicted octanol–water partition coefficient (Wildman–Crippen LogP) is 0.590. The first-order valence-corrected chi connectivity index (χ1v) is 6.62. The van der Waals surface area contributed by atoms with Crippen molar-refractivity contribution in [2.45, 2.75) is 31.9 Å². The molecular formula is C13H17N5O2. The van der Waals surface area contributed by atoms with E-state index in [9.17, 15) is 9.90 Å². The van der Waals surface area contributed by atoms with E-state index < -0.39 is 6.10 Å². The molecule has 0 bridgehead atoms. The third kappa shape index (κ3) is 1.74. The summed E-state index contributed by atoms with van der Waals surface area (Å²) in [6, 6.07) is -0.103. The van der Waals surface area contributed by atoms with E-state index >= 15 is 0 Å². The average molecular weight is 275 g/mol. The molecule has 3 atom stereocenters. The number of anilines is 1. The highest BCUT2D eigenvalue weighted by molar-refractivity contribution is 5.70. The van der Waals surface area contributed by atoms with E-state index in [1.54, 1.807) is 10.9 Å². The van der Waals surface area contributed by atoms with Crippen LogP contribution < -0.4 is 11.3 Å². The molecule has 106 valence electrons. The molecule has 1 aliphatic carbocycles. The molecule has 0 unspecified atom stereocenters. The number of imidazole rings is 1. The summed E-state index contributed by atoms with van der Waals surface area (Å²) in [6.45, 7) is 6.11. The summed E-state index contributed by atoms with van der Waals surface area (Å²) < 4.78 is 1.78. The molecule has 7 nitrogen and oxygen atoms in total. The second-order valence-electron chi connectivity index (χ2n) is 5.18. The lowest BCUT2D eigenvalue weighted by Gasteiger charge is -2.16. The lowest BCUT2D eigenvalue weighted by atomic mass is 9.98. The monoisotopic (exact) mass is 275 g/mol. The second kappa shape index (κ2) is 4.45. The van der Waals surface area contributed by atoms with Gasteiger partial charge < -0.3 is 15.4 Å². The number of fused-ring (bicyclic) bond motifs is 1. The van der Waals surface area contributed by atoms with Crippen molar-refractivity contribution in [3.8, 4) is 0 Å². The number of aromatic nitrogens is 4. The first kappa shape index (κ1) is 12.9. The fourth-order valence-corrected chi connectivity index (χ4v) is 3.04. The molecule has 0 aliphatic heterocycles. The molecule has 2 aromatic heterocycles. The number of aliphatic hydroxyl groups is 1. The third-order valence-electron chi connectivity index (χ3n) is 4.06. The number of hydrogen-bond acceptors (Lipinski definition) is 5. The molecule has 4 N–H and O–H groups in total. The van der Waals surface area contributed by atoms with E-state index in [-0.39, 0.29) is 29.0 Å². The van der Waals surface area contributed by atoms with Crippen LogP contribution in [0.2, 0.25) is 0 Å². The number of nitrogen functional groups attached to an aromatic ring is 1. The van der Waals surface area contributed by atoms with E-state index in [2.05, 4.69) is 21.5 Å². The zero-order valence-electron chi connectivity index (χ0n) is 11.2. The van der Waals surface area contributed by atoms with Crippen LogP contribution in [0.15, 0.2) is 23.3 Å². The Morgan fingerprint density at radius 1 is 1.65 bits per heavy atom. The molecule has 1 saturated carbocycles. The largest absolute Gasteiger partial charge is 0.392 e. The molecular weight excluding hydrogens is 258 g/mol. The van der Waals surface area contributed by atoms with Gasteiger partial charge in [0.1, 0.15) is 0 Å². The van der Waals surface area contributed by atoms with Crippen LogP contribution in [0.5, 0.6) is 0 Å². The first-order valence-electron chi connectivity index (χ1n) is 6.62. The van der Waals surface area contributed by atoms with Crippen molar-refractivity contribution in [1.82, 2.24) is 19.5 Å². The van der Waals surface area contributed by atoms with E-state index in [1.165, 1.54) is 0 Å². The highest BCUT2D eigenvalue weighted by Gasteiger charge is 2.37. The lowest BCUT2D eigenvalue weighted by Crippen LogP contribution is -2.14. The summed E-state index contributed by atoms with van der Waals surface area (Å²) in [5.74, 6) is 0.122. The van der Waals surface area contributed by atoms with Crippen LogP contribution in [0.1, 0.15) is 25.8 Å². The van der Waals surface area contributed by atoms with Crippen LogP contribution in [-0.2, 0) is 0 Å². The summed E-state index contributed by atoms with van der Waals surface area (Å²) in [5.41, 5.74) is 6.86. The molecule has 7 heteroatoms. The van der Waals surface area contributed by atoms with Crippen molar-refractivity contribution in [3.63, 3.8) is 0 Å². The molecule has 1 aliphatic rings. The minimum atomic E-state index is -0.422. The van der Waals surface area contributed by atoms with Gasteiger partial charge in [0.25, 0.3) is 5.56 Å². The molecule has 0 saturated heterocycles. The maximum atomic E-state index is 11.8. The molecule has 3 rings (SSSR count). The highest BCUT2D eigenvalue weighted by Crippen LogP contribution is 2.41. The van der Waals surface area contributed by atoms with Crippen LogP contribution in [0.4, 0.5) is 5.95 Å². The summed E-state index contributed by atoms with van der Waals surface area (Å²) >= 11 is 0. The van der Waals surface area contributed by atoms with E-state index in [4.69, 9.17) is 5.73 Å². The summed E-state index contributed by atoms with van der Waals surface area (Å²) in [4.78, 5) is 22.4. The Balaban J connectivity index is 2.12. The third-order valence-corrected chi connectivity index (χ3v) is 4.06. The van der Waals surface area contributed by atoms with Crippen LogP contribution in [0.3, 0.4) is 0 Å². The second-order valence-corrected chi connectivity index (χ2v) is 5.18. The Morgan fingerprint density at radius 3 is 3.05 bits per heavy atom. The summed E-state index contributed by atoms with van der Waals surface area (Å²) in [6.07, 6.45) is 2.53. The topological polar surface area (TPSA) is 110 Å². The Morgan fingerprint density at radius 2 is 2.40 bits per heavy atom. The van der Waals surface area contributed by atoms with Gasteiger partial charge in [-0.3, -0.25) is 9.78 Å². The van der Waals surface area contributed by atoms with E-state index in [1.807, 2.05) is 6.92 Å². The smallest absolute Gasteiger partial charge is 0.280 e. The quantitative estimate of drug-likeness (QED) is 0.695. The molecule has 2 aromatic rings. The Labute approximate surface area is 115 Å². The fraction of sp³-hybridized carbons (Fsp3) is 0.462. The van der Waals surface area contributed by atoms with Crippen molar-refractivity contribution in [2.75, 3.05) is 5.73 Å². The summed E-state index contributed by atoms with van der Waals surface area (Å²) in [5, 5.41) is 10.1. The number of nitrogens with two attached hydrogens (primary N) is 1. The van der Waals surface area contributed by atoms with E-state index in [0.717, 1.165) is 12.0 Å². The van der Waals surface area contributed by atoms with Gasteiger partial charge in [0.05, 0.1) is 18.5 Å². The minimum absolute atomic E-state index is 0.0560. The lowest BCUT2D eigenvalue weighted by molar-refractivity contribution is 0.136. The van der Waals surface area contributed by atoms with Gasteiger partial charge in [0.2, 0.25) is 5.95 Å². The van der Waals surface area contributed by atoms with E-state index in [0.29, 0.717) is 12.1 Å². The number of hydrogen-bond donors (Lipinski definition) is 3. The normalized spacial score (nSPS) is 26.5. The van der Waals surface area contributed by atoms with Gasteiger partial charge in [-0.25, -0.2) is 4.98 Å². The van der Waals surface area contributed by atoms with Crippen molar-refractivity contribution >= 4 is 17.1 Å². The molecule has 0 spiro atoms. The SMILES string of the molecule is C=C1[C@@H](CC)[C@@H](O)C[C@@H]1n1cnc2c(=O)[nH]c(N)nc21. The minimum Gasteiger partial charge on any atom is -0.392 e. The van der Waals surface area contributed by atoms with Crippen LogP contribution >= 0.6 is 0 Å². The van der Waals surface area contributed by atoms with Crippen LogP contribution in [-0.4, -0.2) is 30.7 Å². The highest BCUT2D eigenvalue weighted by atomic mass is 16.3. The summed E-state index contributed by atoms with van der Waals surface area (Å²) in [7, 11) is 0. The molecule has 0 aromatic carbocycles. The average Bonchev–Trinajstić information content (AvgIpc) is 2.91. The van der Waals surface area contributed by atoms with Gasteiger partial charge in [-0.05, 0) is 18.4 Å². The Bertz CT molecular complexity index is 732. The van der Waals surface area contributed by atoms with Gasteiger partial charge in [-0.2, -0.15) is 4.98 Å². The number of H-pyrrole nitrogens is 1. The zero-order valence-corrected chi connectivity index (χ0v) is 11.2. The Hall–Kier alpha value is -2.15. The van der Waals surface area contributed by atoms with Gasteiger partial charge in [-0.15, -0.1) is 0 Å². The van der Waals surface area contributed by atoms with Gasteiger partial charge >= 0.3 is 0 Å². The maximum absolute atomic E-state index is 11.8. The van der Waals surface area contributed by atoms with Crippen molar-refractivity contribution in [1.29, 1.82) is 0 Å². The van der Waals surface area contributed by atoms with Gasteiger partial charge in [0.15, 0.2) is 11.2 Å². The Kier molecular flexibility index (Phi) is 2.86. The molecule has 1 fully saturated rings.